The minimum Gasteiger partial charge on any atom is -0.504 e. The number of methoxy groups -OCH3 is 1. The summed E-state index contributed by atoms with van der Waals surface area (Å²) in [7, 11) is 3.81. The number of fused-ring (bicyclic) bond motifs is 2. The Hall–Kier alpha value is -2.01. The van der Waals surface area contributed by atoms with Gasteiger partial charge in [-0.05, 0) is 63.7 Å². The zero-order valence-electron chi connectivity index (χ0n) is 16.9. The third kappa shape index (κ3) is 2.03. The van der Waals surface area contributed by atoms with Gasteiger partial charge in [-0.2, -0.15) is 0 Å². The van der Waals surface area contributed by atoms with E-state index in [0.717, 1.165) is 37.8 Å². The highest BCUT2D eigenvalue weighted by Gasteiger charge is 2.68. The van der Waals surface area contributed by atoms with Crippen molar-refractivity contribution in [2.45, 2.75) is 44.1 Å². The standard InChI is InChI=1S/C23H29NO4/c1-4-28-21(26)16-13-22-8-7-15(16)12-23(22)9-10-24(2)18(22)11-14-5-6-17(27-3)20(25)19(14)23/h5-8,15-16,18,25H,4,9-13H2,1-3H3. The summed E-state index contributed by atoms with van der Waals surface area (Å²) in [6, 6.07) is 4.34. The van der Waals surface area contributed by atoms with Crippen LogP contribution in [0.4, 0.5) is 0 Å². The van der Waals surface area contributed by atoms with Crippen LogP contribution in [0, 0.1) is 17.3 Å². The van der Waals surface area contributed by atoms with Gasteiger partial charge >= 0.3 is 5.97 Å². The molecule has 1 aliphatic heterocycles. The number of hydrogen-bond donors (Lipinski definition) is 1. The molecule has 0 radical (unpaired) electrons. The van der Waals surface area contributed by atoms with Crippen molar-refractivity contribution < 1.29 is 19.4 Å². The Bertz CT molecular complexity index is 864. The van der Waals surface area contributed by atoms with Crippen molar-refractivity contribution in [3.8, 4) is 11.5 Å². The van der Waals surface area contributed by atoms with Crippen molar-refractivity contribution in [3.63, 3.8) is 0 Å². The van der Waals surface area contributed by atoms with Gasteiger partial charge in [-0.3, -0.25) is 4.79 Å². The minimum absolute atomic E-state index is 0.0625. The van der Waals surface area contributed by atoms with Gasteiger partial charge in [0.25, 0.3) is 0 Å². The maximum atomic E-state index is 12.7. The fourth-order valence-electron chi connectivity index (χ4n) is 6.98. The van der Waals surface area contributed by atoms with E-state index in [0.29, 0.717) is 24.1 Å². The number of allylic oxidation sites excluding steroid dienone is 1. The molecule has 1 aromatic rings. The van der Waals surface area contributed by atoms with Gasteiger partial charge in [0.05, 0.1) is 19.6 Å². The summed E-state index contributed by atoms with van der Waals surface area (Å²) in [4.78, 5) is 15.2. The summed E-state index contributed by atoms with van der Waals surface area (Å²) in [5, 5.41) is 11.2. The first-order chi connectivity index (χ1) is 13.5. The molecule has 6 rings (SSSR count). The van der Waals surface area contributed by atoms with E-state index in [1.165, 1.54) is 5.56 Å². The topological polar surface area (TPSA) is 59.0 Å². The second-order valence-electron chi connectivity index (χ2n) is 9.01. The van der Waals surface area contributed by atoms with Crippen molar-refractivity contribution in [3.05, 3.63) is 35.4 Å². The van der Waals surface area contributed by atoms with Crippen LogP contribution in [0.25, 0.3) is 0 Å². The molecule has 0 aromatic heterocycles. The van der Waals surface area contributed by atoms with Crippen LogP contribution in [-0.4, -0.2) is 49.3 Å². The molecule has 5 unspecified atom stereocenters. The third-order valence-corrected chi connectivity index (χ3v) is 8.14. The quantitative estimate of drug-likeness (QED) is 0.642. The lowest BCUT2D eigenvalue weighted by Crippen LogP contribution is -2.70. The van der Waals surface area contributed by atoms with Gasteiger partial charge in [0.1, 0.15) is 0 Å². The molecule has 2 fully saturated rings. The number of ether oxygens (including phenoxy) is 2. The number of likely N-dealkylation sites (N-methyl/N-ethyl adjacent to an activating group) is 1. The van der Waals surface area contributed by atoms with E-state index in [-0.39, 0.29) is 28.6 Å². The number of aromatic hydroxyl groups is 1. The van der Waals surface area contributed by atoms with E-state index in [1.807, 2.05) is 13.0 Å². The third-order valence-electron chi connectivity index (χ3n) is 8.14. The van der Waals surface area contributed by atoms with Crippen LogP contribution in [0.1, 0.15) is 37.3 Å². The van der Waals surface area contributed by atoms with Crippen molar-refractivity contribution in [1.82, 2.24) is 4.90 Å². The number of carbonyl (C=O) groups excluding carboxylic acids is 1. The maximum absolute atomic E-state index is 12.7. The number of benzene rings is 1. The molecular formula is C23H29NO4. The van der Waals surface area contributed by atoms with Crippen LogP contribution < -0.4 is 4.74 Å². The van der Waals surface area contributed by atoms with Crippen molar-refractivity contribution >= 4 is 5.97 Å². The van der Waals surface area contributed by atoms with Crippen molar-refractivity contribution in [2.24, 2.45) is 17.3 Å². The van der Waals surface area contributed by atoms with Gasteiger partial charge in [0, 0.05) is 22.4 Å². The Morgan fingerprint density at radius 2 is 2.18 bits per heavy atom. The molecule has 4 bridgehead atoms. The van der Waals surface area contributed by atoms with Crippen LogP contribution in [0.3, 0.4) is 0 Å². The number of nitrogens with zero attached hydrogens (tertiary/aromatic N) is 1. The number of carbonyl (C=O) groups is 1. The zero-order chi connectivity index (χ0) is 19.7. The minimum atomic E-state index is -0.150. The molecule has 1 spiro atoms. The number of esters is 1. The number of hydrogen-bond acceptors (Lipinski definition) is 5. The van der Waals surface area contributed by atoms with Crippen LogP contribution in [0.5, 0.6) is 11.5 Å². The smallest absolute Gasteiger partial charge is 0.309 e. The van der Waals surface area contributed by atoms with E-state index in [4.69, 9.17) is 9.47 Å². The molecule has 1 heterocycles. The van der Waals surface area contributed by atoms with E-state index in [9.17, 15) is 9.90 Å². The molecule has 1 N–H and O–H groups in total. The van der Waals surface area contributed by atoms with Gasteiger partial charge in [-0.15, -0.1) is 0 Å². The molecular weight excluding hydrogens is 354 g/mol. The van der Waals surface area contributed by atoms with Crippen molar-refractivity contribution in [1.29, 1.82) is 0 Å². The Balaban J connectivity index is 1.70. The van der Waals surface area contributed by atoms with Gasteiger partial charge in [-0.1, -0.05) is 18.2 Å². The second-order valence-corrected chi connectivity index (χ2v) is 9.01. The lowest BCUT2D eigenvalue weighted by Gasteiger charge is -2.68. The summed E-state index contributed by atoms with van der Waals surface area (Å²) >= 11 is 0. The van der Waals surface area contributed by atoms with Crippen LogP contribution in [0.2, 0.25) is 0 Å². The highest BCUT2D eigenvalue weighted by atomic mass is 16.5. The first kappa shape index (κ1) is 18.0. The first-order valence-electron chi connectivity index (χ1n) is 10.4. The average Bonchev–Trinajstić information content (AvgIpc) is 2.70. The van der Waals surface area contributed by atoms with E-state index < -0.39 is 0 Å². The normalized spacial score (nSPS) is 37.9. The molecule has 5 heteroatoms. The Morgan fingerprint density at radius 3 is 2.93 bits per heavy atom. The molecule has 5 atom stereocenters. The Kier molecular flexibility index (Phi) is 3.86. The SMILES string of the molecule is CCOC(=O)C1CC23C=CC1CC21CCN(C)C3Cc2ccc(OC)c(O)c21. The molecule has 0 amide bonds. The predicted molar refractivity (Wildman–Crippen MR) is 105 cm³/mol. The van der Waals surface area contributed by atoms with Crippen LogP contribution in [-0.2, 0) is 21.4 Å². The number of phenolic OH excluding ortho intramolecular Hbond substituents is 1. The van der Waals surface area contributed by atoms with Crippen LogP contribution in [0.15, 0.2) is 24.3 Å². The van der Waals surface area contributed by atoms with Crippen molar-refractivity contribution in [2.75, 3.05) is 27.3 Å². The lowest BCUT2D eigenvalue weighted by molar-refractivity contribution is -0.160. The molecule has 1 aromatic carbocycles. The molecule has 28 heavy (non-hydrogen) atoms. The second kappa shape index (κ2) is 5.99. The fourth-order valence-corrected chi connectivity index (χ4v) is 6.98. The van der Waals surface area contributed by atoms with E-state index in [1.54, 1.807) is 7.11 Å². The Morgan fingerprint density at radius 1 is 1.36 bits per heavy atom. The maximum Gasteiger partial charge on any atom is 0.309 e. The van der Waals surface area contributed by atoms with Gasteiger partial charge < -0.3 is 19.5 Å². The lowest BCUT2D eigenvalue weighted by atomic mass is 9.38. The van der Waals surface area contributed by atoms with E-state index in [2.05, 4.69) is 30.2 Å². The summed E-state index contributed by atoms with van der Waals surface area (Å²) in [6.45, 7) is 3.31. The number of likely N-dealkylation sites (tertiary alicyclic amines) is 1. The highest BCUT2D eigenvalue weighted by molar-refractivity contribution is 5.75. The fraction of sp³-hybridized carbons (Fsp3) is 0.609. The first-order valence-corrected chi connectivity index (χ1v) is 10.4. The number of piperidine rings is 1. The highest BCUT2D eigenvalue weighted by Crippen LogP contribution is 2.70. The van der Waals surface area contributed by atoms with Gasteiger partial charge in [-0.25, -0.2) is 0 Å². The zero-order valence-corrected chi connectivity index (χ0v) is 16.9. The van der Waals surface area contributed by atoms with Crippen LogP contribution >= 0.6 is 0 Å². The molecule has 5 aliphatic rings. The summed E-state index contributed by atoms with van der Waals surface area (Å²) in [5.74, 6) is 0.874. The molecule has 1 saturated heterocycles. The summed E-state index contributed by atoms with van der Waals surface area (Å²) < 4.78 is 10.9. The largest absolute Gasteiger partial charge is 0.504 e. The summed E-state index contributed by atoms with van der Waals surface area (Å²) in [5.41, 5.74) is 2.02. The molecule has 1 saturated carbocycles. The molecule has 5 nitrogen and oxygen atoms in total. The molecule has 4 aliphatic carbocycles. The van der Waals surface area contributed by atoms with E-state index >= 15 is 0 Å². The number of phenols is 1. The molecule has 150 valence electrons. The number of rotatable bonds is 3. The predicted octanol–water partition coefficient (Wildman–Crippen LogP) is 3.04. The van der Waals surface area contributed by atoms with Gasteiger partial charge in [0.15, 0.2) is 11.5 Å². The van der Waals surface area contributed by atoms with Gasteiger partial charge in [0.2, 0.25) is 0 Å². The monoisotopic (exact) mass is 383 g/mol. The Labute approximate surface area is 166 Å². The average molecular weight is 383 g/mol. The summed E-state index contributed by atoms with van der Waals surface area (Å²) in [6.07, 6.45) is 8.22.